The van der Waals surface area contributed by atoms with Crippen molar-refractivity contribution >= 4 is 37.8 Å². The van der Waals surface area contributed by atoms with E-state index in [0.29, 0.717) is 13.0 Å². The van der Waals surface area contributed by atoms with E-state index in [0.717, 1.165) is 5.56 Å². The van der Waals surface area contributed by atoms with Gasteiger partial charge in [-0.25, -0.2) is 0 Å². The van der Waals surface area contributed by atoms with Crippen LogP contribution >= 0.6 is 31.9 Å². The Morgan fingerprint density at radius 1 is 1.38 bits per heavy atom. The van der Waals surface area contributed by atoms with E-state index in [1.165, 1.54) is 0 Å². The second kappa shape index (κ2) is 4.15. The first-order valence-electron chi connectivity index (χ1n) is 5.15. The van der Waals surface area contributed by atoms with Gasteiger partial charge in [0.25, 0.3) is 0 Å². The molecule has 0 aliphatic heterocycles. The molecule has 1 unspecified atom stereocenters. The van der Waals surface area contributed by atoms with Crippen molar-refractivity contribution in [1.82, 2.24) is 0 Å². The third-order valence-electron chi connectivity index (χ3n) is 2.88. The Hall–Kier alpha value is -0.350. The van der Waals surface area contributed by atoms with Gasteiger partial charge in [0, 0.05) is 0 Å². The van der Waals surface area contributed by atoms with Crippen LogP contribution in [-0.2, 0) is 14.9 Å². The molecule has 0 heterocycles. The van der Waals surface area contributed by atoms with Crippen LogP contribution < -0.4 is 0 Å². The van der Waals surface area contributed by atoms with Crippen LogP contribution in [0.5, 0.6) is 0 Å². The molecule has 2 nitrogen and oxygen atoms in total. The number of carbonyl (C=O) groups excluding carboxylic acids is 1. The topological polar surface area (TPSA) is 26.3 Å². The Labute approximate surface area is 112 Å². The van der Waals surface area contributed by atoms with Gasteiger partial charge in [-0.05, 0) is 18.9 Å². The zero-order chi connectivity index (χ0) is 11.8. The van der Waals surface area contributed by atoms with Crippen molar-refractivity contribution in [2.75, 3.05) is 6.61 Å². The first-order valence-corrected chi connectivity index (χ1v) is 6.74. The van der Waals surface area contributed by atoms with Gasteiger partial charge in [0.2, 0.25) is 0 Å². The lowest BCUT2D eigenvalue weighted by Gasteiger charge is -2.17. The number of rotatable bonds is 3. The zero-order valence-electron chi connectivity index (χ0n) is 8.87. The van der Waals surface area contributed by atoms with E-state index in [2.05, 4.69) is 31.9 Å². The fourth-order valence-electron chi connectivity index (χ4n) is 1.92. The molecule has 0 amide bonds. The van der Waals surface area contributed by atoms with Crippen LogP contribution in [0.4, 0.5) is 0 Å². The monoisotopic (exact) mass is 346 g/mol. The summed E-state index contributed by atoms with van der Waals surface area (Å²) in [5.41, 5.74) is 0.409. The highest BCUT2D eigenvalue weighted by Crippen LogP contribution is 2.67. The number of halogens is 2. The summed E-state index contributed by atoms with van der Waals surface area (Å²) in [5, 5.41) is 0. The third kappa shape index (κ3) is 1.72. The van der Waals surface area contributed by atoms with Gasteiger partial charge in [0.15, 0.2) is 0 Å². The van der Waals surface area contributed by atoms with Crippen molar-refractivity contribution in [3.05, 3.63) is 35.9 Å². The van der Waals surface area contributed by atoms with Gasteiger partial charge in [0.1, 0.15) is 8.65 Å². The molecule has 1 fully saturated rings. The van der Waals surface area contributed by atoms with E-state index in [9.17, 15) is 4.79 Å². The molecule has 86 valence electrons. The van der Waals surface area contributed by atoms with Crippen LogP contribution in [0.1, 0.15) is 18.9 Å². The molecular weight excluding hydrogens is 336 g/mol. The first-order chi connectivity index (χ1) is 7.54. The lowest BCUT2D eigenvalue weighted by Crippen LogP contribution is -2.28. The van der Waals surface area contributed by atoms with Crippen molar-refractivity contribution in [1.29, 1.82) is 0 Å². The quantitative estimate of drug-likeness (QED) is 0.619. The molecule has 0 N–H and O–H groups in total. The van der Waals surface area contributed by atoms with Gasteiger partial charge >= 0.3 is 5.97 Å². The van der Waals surface area contributed by atoms with Gasteiger partial charge < -0.3 is 4.74 Å². The summed E-state index contributed by atoms with van der Waals surface area (Å²) in [4.78, 5) is 12.1. The normalized spacial score (nSPS) is 26.2. The number of benzene rings is 1. The summed E-state index contributed by atoms with van der Waals surface area (Å²) in [6.07, 6.45) is 0.711. The second-order valence-electron chi connectivity index (χ2n) is 3.87. The molecule has 0 saturated heterocycles. The highest BCUT2D eigenvalue weighted by atomic mass is 79.9. The number of alkyl halides is 2. The van der Waals surface area contributed by atoms with Crippen LogP contribution in [0.2, 0.25) is 0 Å². The third-order valence-corrected chi connectivity index (χ3v) is 4.79. The molecule has 0 spiro atoms. The first kappa shape index (κ1) is 12.1. The fraction of sp³-hybridized carbons (Fsp3) is 0.417. The van der Waals surface area contributed by atoms with Gasteiger partial charge in [-0.1, -0.05) is 62.2 Å². The van der Waals surface area contributed by atoms with Gasteiger partial charge in [-0.15, -0.1) is 0 Å². The Bertz CT molecular complexity index is 403. The molecule has 1 aliphatic rings. The fourth-order valence-corrected chi connectivity index (χ4v) is 3.54. The molecule has 1 atom stereocenters. The van der Waals surface area contributed by atoms with Crippen molar-refractivity contribution in [2.24, 2.45) is 0 Å². The molecule has 0 bridgehead atoms. The van der Waals surface area contributed by atoms with Crippen LogP contribution in [0.25, 0.3) is 0 Å². The largest absolute Gasteiger partial charge is 0.465 e. The molecule has 1 aromatic carbocycles. The second-order valence-corrected chi connectivity index (χ2v) is 7.64. The molecule has 1 aromatic rings. The maximum absolute atomic E-state index is 12.1. The summed E-state index contributed by atoms with van der Waals surface area (Å²) < 4.78 is 4.80. The minimum Gasteiger partial charge on any atom is -0.465 e. The smallest absolute Gasteiger partial charge is 0.318 e. The standard InChI is InChI=1S/C12H12Br2O2/c1-2-16-10(15)11(8-12(11,13)14)9-6-4-3-5-7-9/h3-7H,2,8H2,1H3. The van der Waals surface area contributed by atoms with E-state index < -0.39 is 5.41 Å². The van der Waals surface area contributed by atoms with Crippen LogP contribution in [0, 0.1) is 0 Å². The van der Waals surface area contributed by atoms with Crippen LogP contribution in [0.3, 0.4) is 0 Å². The average molecular weight is 348 g/mol. The van der Waals surface area contributed by atoms with E-state index in [1.807, 2.05) is 37.3 Å². The van der Waals surface area contributed by atoms with E-state index in [4.69, 9.17) is 4.74 Å². The summed E-state index contributed by atoms with van der Waals surface area (Å²) in [6, 6.07) is 9.73. The Morgan fingerprint density at radius 2 is 1.94 bits per heavy atom. The minimum absolute atomic E-state index is 0.171. The Balaban J connectivity index is 2.37. The number of esters is 1. The minimum atomic E-state index is -0.579. The molecule has 4 heteroatoms. The lowest BCUT2D eigenvalue weighted by molar-refractivity contribution is -0.146. The zero-order valence-corrected chi connectivity index (χ0v) is 12.0. The number of hydrogen-bond acceptors (Lipinski definition) is 2. The molecule has 0 aromatic heterocycles. The number of carbonyl (C=O) groups is 1. The maximum atomic E-state index is 12.1. The summed E-state index contributed by atoms with van der Waals surface area (Å²) in [6.45, 7) is 2.23. The summed E-state index contributed by atoms with van der Waals surface area (Å²) >= 11 is 7.07. The summed E-state index contributed by atoms with van der Waals surface area (Å²) in [5.74, 6) is -0.171. The van der Waals surface area contributed by atoms with Crippen molar-refractivity contribution in [2.45, 2.75) is 22.0 Å². The maximum Gasteiger partial charge on any atom is 0.318 e. The van der Waals surface area contributed by atoms with E-state index in [1.54, 1.807) is 0 Å². The SMILES string of the molecule is CCOC(=O)C1(c2ccccc2)CC1(Br)Br. The van der Waals surface area contributed by atoms with E-state index >= 15 is 0 Å². The van der Waals surface area contributed by atoms with Gasteiger partial charge in [-0.3, -0.25) is 4.79 Å². The Kier molecular flexibility index (Phi) is 3.14. The number of ether oxygens (including phenoxy) is 1. The van der Waals surface area contributed by atoms with E-state index in [-0.39, 0.29) is 9.20 Å². The van der Waals surface area contributed by atoms with Gasteiger partial charge in [-0.2, -0.15) is 0 Å². The predicted octanol–water partition coefficient (Wildman–Crippen LogP) is 3.38. The van der Waals surface area contributed by atoms with Crippen LogP contribution in [-0.4, -0.2) is 15.8 Å². The van der Waals surface area contributed by atoms with Gasteiger partial charge in [0.05, 0.1) is 6.61 Å². The van der Waals surface area contributed by atoms with Crippen molar-refractivity contribution in [3.63, 3.8) is 0 Å². The molecule has 16 heavy (non-hydrogen) atoms. The predicted molar refractivity (Wildman–Crippen MR) is 70.0 cm³/mol. The highest BCUT2D eigenvalue weighted by molar-refractivity contribution is 9.25. The highest BCUT2D eigenvalue weighted by Gasteiger charge is 2.72. The van der Waals surface area contributed by atoms with Crippen molar-refractivity contribution in [3.8, 4) is 0 Å². The average Bonchev–Trinajstić information content (AvgIpc) is 2.85. The van der Waals surface area contributed by atoms with Crippen LogP contribution in [0.15, 0.2) is 30.3 Å². The Morgan fingerprint density at radius 3 is 2.38 bits per heavy atom. The molecule has 2 rings (SSSR count). The molecule has 0 radical (unpaired) electrons. The molecule has 1 aliphatic carbocycles. The molecule has 1 saturated carbocycles. The summed E-state index contributed by atoms with van der Waals surface area (Å²) in [7, 11) is 0. The number of hydrogen-bond donors (Lipinski definition) is 0. The molecular formula is C12H12Br2O2. The lowest BCUT2D eigenvalue weighted by atomic mass is 9.96. The van der Waals surface area contributed by atoms with Crippen molar-refractivity contribution < 1.29 is 9.53 Å².